The molecule has 0 aromatic heterocycles. The van der Waals surface area contributed by atoms with E-state index in [2.05, 4.69) is 46.4 Å². The Morgan fingerprint density at radius 2 is 1.93 bits per heavy atom. The predicted molar refractivity (Wildman–Crippen MR) is 109 cm³/mol. The molecule has 4 heteroatoms. The zero-order chi connectivity index (χ0) is 20.6. The number of rotatable bonds is 8. The van der Waals surface area contributed by atoms with Crippen molar-refractivity contribution in [3.63, 3.8) is 0 Å². The maximum absolute atomic E-state index is 11.8. The number of esters is 1. The minimum atomic E-state index is -0.985. The van der Waals surface area contributed by atoms with Crippen molar-refractivity contribution < 1.29 is 19.4 Å². The average Bonchev–Trinajstić information content (AvgIpc) is 2.51. The van der Waals surface area contributed by atoms with Crippen molar-refractivity contribution in [2.45, 2.75) is 66.4 Å². The highest BCUT2D eigenvalue weighted by Crippen LogP contribution is 2.42. The van der Waals surface area contributed by atoms with Gasteiger partial charge in [-0.15, -0.1) is 0 Å². The van der Waals surface area contributed by atoms with E-state index in [1.807, 2.05) is 25.2 Å². The van der Waals surface area contributed by atoms with Crippen LogP contribution in [0.2, 0.25) is 0 Å². The molecule has 1 N–H and O–H groups in total. The Kier molecular flexibility index (Phi) is 8.48. The summed E-state index contributed by atoms with van der Waals surface area (Å²) in [6.07, 6.45) is 11.2. The fourth-order valence-corrected chi connectivity index (χ4v) is 3.32. The molecule has 0 radical (unpaired) electrons. The van der Waals surface area contributed by atoms with Gasteiger partial charge in [0.2, 0.25) is 0 Å². The molecule has 0 heterocycles. The summed E-state index contributed by atoms with van der Waals surface area (Å²) in [4.78, 5) is 22.4. The molecule has 1 aliphatic carbocycles. The van der Waals surface area contributed by atoms with Crippen LogP contribution in [0.3, 0.4) is 0 Å². The maximum Gasteiger partial charge on any atom is 0.306 e. The van der Waals surface area contributed by atoms with Crippen LogP contribution in [0.15, 0.2) is 59.3 Å². The molecule has 0 amide bonds. The van der Waals surface area contributed by atoms with Crippen molar-refractivity contribution in [1.29, 1.82) is 0 Å². The smallest absolute Gasteiger partial charge is 0.306 e. The number of carboxylic acid groups (broad SMARTS) is 1. The summed E-state index contributed by atoms with van der Waals surface area (Å²) in [7, 11) is 0. The summed E-state index contributed by atoms with van der Waals surface area (Å²) < 4.78 is 5.51. The van der Waals surface area contributed by atoms with Crippen LogP contribution in [0.1, 0.15) is 60.3 Å². The molecule has 1 atom stereocenters. The zero-order valence-electron chi connectivity index (χ0n) is 17.2. The molecule has 4 nitrogen and oxygen atoms in total. The number of hydrogen-bond acceptors (Lipinski definition) is 3. The molecule has 0 saturated carbocycles. The summed E-state index contributed by atoms with van der Waals surface area (Å²) in [6, 6.07) is 0. The fourth-order valence-electron chi connectivity index (χ4n) is 3.32. The van der Waals surface area contributed by atoms with E-state index in [0.29, 0.717) is 6.42 Å². The van der Waals surface area contributed by atoms with E-state index < -0.39 is 11.9 Å². The van der Waals surface area contributed by atoms with Crippen molar-refractivity contribution in [2.75, 3.05) is 0 Å². The first-order valence-electron chi connectivity index (χ1n) is 9.31. The van der Waals surface area contributed by atoms with E-state index in [0.717, 1.165) is 17.6 Å². The Bertz CT molecular complexity index is 702. The highest BCUT2D eigenvalue weighted by atomic mass is 16.5. The van der Waals surface area contributed by atoms with E-state index in [4.69, 9.17) is 9.84 Å². The van der Waals surface area contributed by atoms with Gasteiger partial charge in [-0.3, -0.25) is 9.59 Å². The highest BCUT2D eigenvalue weighted by Gasteiger charge is 2.34. The van der Waals surface area contributed by atoms with Gasteiger partial charge in [0.05, 0.1) is 12.8 Å². The van der Waals surface area contributed by atoms with Crippen molar-refractivity contribution in [3.8, 4) is 0 Å². The Labute approximate surface area is 163 Å². The van der Waals surface area contributed by atoms with Gasteiger partial charge in [0.15, 0.2) is 0 Å². The third-order valence-corrected chi connectivity index (χ3v) is 4.55. The van der Waals surface area contributed by atoms with E-state index >= 15 is 0 Å². The molecule has 1 rings (SSSR count). The normalized spacial score (nSPS) is 20.3. The van der Waals surface area contributed by atoms with Crippen LogP contribution < -0.4 is 0 Å². The van der Waals surface area contributed by atoms with Gasteiger partial charge in [0.1, 0.15) is 6.10 Å². The second kappa shape index (κ2) is 10.1. The number of carboxylic acids is 1. The van der Waals surface area contributed by atoms with E-state index in [-0.39, 0.29) is 24.4 Å². The molecular formula is C23H32O4. The SMILES string of the molecule is C=C(C)/C=C/C=C(C)/C=C/C1=C(C)CC(OC(=O)CCC(=O)O)CC1(C)C. The van der Waals surface area contributed by atoms with Gasteiger partial charge in [-0.2, -0.15) is 0 Å². The molecule has 0 saturated heterocycles. The largest absolute Gasteiger partial charge is 0.481 e. The lowest BCUT2D eigenvalue weighted by atomic mass is 9.71. The molecule has 0 aliphatic heterocycles. The average molecular weight is 373 g/mol. The van der Waals surface area contributed by atoms with Crippen LogP contribution in [0.25, 0.3) is 0 Å². The number of allylic oxidation sites excluding steroid dienone is 8. The second-order valence-corrected chi connectivity index (χ2v) is 7.94. The minimum absolute atomic E-state index is 0.0799. The third-order valence-electron chi connectivity index (χ3n) is 4.55. The van der Waals surface area contributed by atoms with Gasteiger partial charge >= 0.3 is 11.9 Å². The van der Waals surface area contributed by atoms with Crippen LogP contribution in [0.5, 0.6) is 0 Å². The maximum atomic E-state index is 11.8. The fraction of sp³-hybridized carbons (Fsp3) is 0.478. The molecule has 0 aromatic carbocycles. The topological polar surface area (TPSA) is 63.6 Å². The monoisotopic (exact) mass is 372 g/mol. The third kappa shape index (κ3) is 8.25. The number of hydrogen-bond donors (Lipinski definition) is 1. The lowest BCUT2D eigenvalue weighted by Crippen LogP contribution is -2.32. The minimum Gasteiger partial charge on any atom is -0.481 e. The zero-order valence-corrected chi connectivity index (χ0v) is 17.2. The predicted octanol–water partition coefficient (Wildman–Crippen LogP) is 5.53. The molecule has 0 aromatic rings. The van der Waals surface area contributed by atoms with Crippen LogP contribution >= 0.6 is 0 Å². The molecule has 0 fully saturated rings. The van der Waals surface area contributed by atoms with Crippen molar-refractivity contribution in [1.82, 2.24) is 0 Å². The molecular weight excluding hydrogens is 340 g/mol. The number of aliphatic carboxylic acids is 1. The lowest BCUT2D eigenvalue weighted by Gasteiger charge is -2.37. The summed E-state index contributed by atoms with van der Waals surface area (Å²) in [5, 5.41) is 8.68. The van der Waals surface area contributed by atoms with Gasteiger partial charge in [-0.25, -0.2) is 0 Å². The first kappa shape index (κ1) is 22.7. The number of ether oxygens (including phenoxy) is 1. The van der Waals surface area contributed by atoms with Gasteiger partial charge in [0, 0.05) is 6.42 Å². The Balaban J connectivity index is 2.82. The van der Waals surface area contributed by atoms with Crippen molar-refractivity contribution in [3.05, 3.63) is 59.3 Å². The van der Waals surface area contributed by atoms with Gasteiger partial charge in [-0.05, 0) is 38.2 Å². The molecule has 27 heavy (non-hydrogen) atoms. The summed E-state index contributed by atoms with van der Waals surface area (Å²) in [6.45, 7) is 14.2. The number of carbonyl (C=O) groups is 2. The van der Waals surface area contributed by atoms with Gasteiger partial charge in [0.25, 0.3) is 0 Å². The van der Waals surface area contributed by atoms with Crippen LogP contribution in [-0.4, -0.2) is 23.1 Å². The van der Waals surface area contributed by atoms with Gasteiger partial charge in [-0.1, -0.05) is 67.5 Å². The van der Waals surface area contributed by atoms with Crippen LogP contribution in [0, 0.1) is 5.41 Å². The standard InChI is InChI=1S/C23H32O4/c1-16(2)8-7-9-17(3)10-11-20-18(4)14-19(15-23(20,5)6)27-22(26)13-12-21(24)25/h7-11,19H,1,12-15H2,2-6H3,(H,24,25)/b8-7+,11-10+,17-9+. The van der Waals surface area contributed by atoms with Crippen LogP contribution in [-0.2, 0) is 14.3 Å². The highest BCUT2D eigenvalue weighted by molar-refractivity contribution is 5.76. The van der Waals surface area contributed by atoms with Crippen molar-refractivity contribution >= 4 is 11.9 Å². The second-order valence-electron chi connectivity index (χ2n) is 7.94. The van der Waals surface area contributed by atoms with Crippen LogP contribution in [0.4, 0.5) is 0 Å². The molecule has 0 spiro atoms. The summed E-state index contributed by atoms with van der Waals surface area (Å²) in [5.41, 5.74) is 4.50. The first-order chi connectivity index (χ1) is 12.5. The van der Waals surface area contributed by atoms with E-state index in [1.165, 1.54) is 11.1 Å². The van der Waals surface area contributed by atoms with E-state index in [1.54, 1.807) is 0 Å². The molecule has 148 valence electrons. The van der Waals surface area contributed by atoms with E-state index in [9.17, 15) is 9.59 Å². The Morgan fingerprint density at radius 3 is 2.48 bits per heavy atom. The summed E-state index contributed by atoms with van der Waals surface area (Å²) in [5.74, 6) is -1.42. The van der Waals surface area contributed by atoms with Gasteiger partial charge < -0.3 is 9.84 Å². The molecule has 1 unspecified atom stereocenters. The lowest BCUT2D eigenvalue weighted by molar-refractivity contribution is -0.153. The first-order valence-corrected chi connectivity index (χ1v) is 9.31. The van der Waals surface area contributed by atoms with Crippen molar-refractivity contribution in [2.24, 2.45) is 5.41 Å². The Morgan fingerprint density at radius 1 is 1.26 bits per heavy atom. The summed E-state index contributed by atoms with van der Waals surface area (Å²) >= 11 is 0. The quantitative estimate of drug-likeness (QED) is 0.449. The number of carbonyl (C=O) groups excluding carboxylic acids is 1. The molecule has 1 aliphatic rings. The Hall–Kier alpha value is -2.36. The molecule has 0 bridgehead atoms.